The van der Waals surface area contributed by atoms with Crippen molar-refractivity contribution in [2.24, 2.45) is 23.5 Å². The van der Waals surface area contributed by atoms with Crippen molar-refractivity contribution in [3.8, 4) is 0 Å². The van der Waals surface area contributed by atoms with Crippen LogP contribution in [0.2, 0.25) is 0 Å². The Kier molecular flexibility index (Phi) is 9.07. The fraction of sp³-hybridized carbons (Fsp3) is 0.909. The van der Waals surface area contributed by atoms with E-state index in [1.165, 1.54) is 25.7 Å². The first-order chi connectivity index (χ1) is 12.9. The summed E-state index contributed by atoms with van der Waals surface area (Å²) in [4.78, 5) is 30.4. The second-order valence-corrected chi connectivity index (χ2v) is 9.08. The highest BCUT2D eigenvalue weighted by Gasteiger charge is 2.38. The number of carbonyl (C=O) groups is 2. The van der Waals surface area contributed by atoms with E-state index in [1.807, 2.05) is 0 Å². The van der Waals surface area contributed by atoms with Crippen LogP contribution in [0.5, 0.6) is 0 Å². The second kappa shape index (κ2) is 11.0. The van der Waals surface area contributed by atoms with Crippen LogP contribution in [0, 0.1) is 17.8 Å². The Balaban J connectivity index is 2.14. The van der Waals surface area contributed by atoms with Gasteiger partial charge in [-0.1, -0.05) is 33.6 Å². The summed E-state index contributed by atoms with van der Waals surface area (Å²) < 4.78 is 0. The van der Waals surface area contributed by atoms with Gasteiger partial charge >= 0.3 is 0 Å². The third-order valence-corrected chi connectivity index (χ3v) is 6.32. The molecule has 2 saturated heterocycles. The minimum absolute atomic E-state index is 0.183. The van der Waals surface area contributed by atoms with Crippen LogP contribution in [0.4, 0.5) is 0 Å². The predicted octanol–water partition coefficient (Wildman–Crippen LogP) is 3.42. The topological polar surface area (TPSA) is 66.6 Å². The molecule has 2 N–H and O–H groups in total. The molecule has 0 aromatic rings. The van der Waals surface area contributed by atoms with E-state index < -0.39 is 0 Å². The normalized spacial score (nSPS) is 24.0. The van der Waals surface area contributed by atoms with Crippen LogP contribution in [0.3, 0.4) is 0 Å². The summed E-state index contributed by atoms with van der Waals surface area (Å²) in [6.45, 7) is 10.5. The molecular weight excluding hydrogens is 338 g/mol. The summed E-state index contributed by atoms with van der Waals surface area (Å²) in [5.74, 6) is -0.335. The molecule has 5 heteroatoms. The van der Waals surface area contributed by atoms with E-state index in [2.05, 4.69) is 30.6 Å². The average molecular weight is 380 g/mol. The number of rotatable bonds is 9. The van der Waals surface area contributed by atoms with Gasteiger partial charge in [0.15, 0.2) is 0 Å². The highest BCUT2D eigenvalue weighted by atomic mass is 16.2. The van der Waals surface area contributed by atoms with Gasteiger partial charge in [-0.3, -0.25) is 9.59 Å². The first kappa shape index (κ1) is 22.2. The minimum Gasteiger partial charge on any atom is -0.369 e. The van der Waals surface area contributed by atoms with Gasteiger partial charge in [0.2, 0.25) is 11.8 Å². The van der Waals surface area contributed by atoms with Gasteiger partial charge in [-0.05, 0) is 64.0 Å². The van der Waals surface area contributed by atoms with Crippen LogP contribution in [0.1, 0.15) is 78.6 Å². The second-order valence-electron chi connectivity index (χ2n) is 9.08. The first-order valence-corrected chi connectivity index (χ1v) is 11.3. The molecule has 5 nitrogen and oxygen atoms in total. The van der Waals surface area contributed by atoms with E-state index in [9.17, 15) is 9.59 Å². The van der Waals surface area contributed by atoms with Crippen LogP contribution in [0.25, 0.3) is 0 Å². The number of hydrogen-bond acceptors (Lipinski definition) is 3. The monoisotopic (exact) mass is 379 g/mol. The number of nitrogens with two attached hydrogens (primary N) is 1. The van der Waals surface area contributed by atoms with Crippen molar-refractivity contribution in [2.75, 3.05) is 26.2 Å². The molecule has 0 radical (unpaired) electrons. The molecule has 2 fully saturated rings. The maximum Gasteiger partial charge on any atom is 0.226 e. The molecule has 0 aliphatic carbocycles. The molecule has 0 aromatic heterocycles. The van der Waals surface area contributed by atoms with Crippen LogP contribution in [0.15, 0.2) is 0 Å². The van der Waals surface area contributed by atoms with E-state index in [0.29, 0.717) is 18.4 Å². The highest BCUT2D eigenvalue weighted by Crippen LogP contribution is 2.30. The third kappa shape index (κ3) is 6.48. The summed E-state index contributed by atoms with van der Waals surface area (Å²) in [5, 5.41) is 0. The molecule has 0 spiro atoms. The molecule has 2 amide bonds. The number of nitrogens with zero attached hydrogens (tertiary/aromatic N) is 2. The standard InChI is InChI=1S/C22H41N3O2/c1-4-10-19(21(23)26)20(15-17(2)3)22(27)25-14-9-6-11-18(25)16-24-12-7-5-8-13-24/h17-20H,4-16H2,1-3H3,(H2,23,26)/t18?,19-,20+/m0/s1. The Hall–Kier alpha value is -1.10. The zero-order chi connectivity index (χ0) is 19.8. The van der Waals surface area contributed by atoms with Crippen molar-refractivity contribution in [3.05, 3.63) is 0 Å². The molecule has 3 atom stereocenters. The van der Waals surface area contributed by atoms with Crippen LogP contribution < -0.4 is 5.73 Å². The van der Waals surface area contributed by atoms with Crippen LogP contribution in [-0.2, 0) is 9.59 Å². The van der Waals surface area contributed by atoms with Crippen molar-refractivity contribution >= 4 is 11.8 Å². The number of likely N-dealkylation sites (tertiary alicyclic amines) is 2. The zero-order valence-corrected chi connectivity index (χ0v) is 17.8. The van der Waals surface area contributed by atoms with Crippen molar-refractivity contribution in [1.29, 1.82) is 0 Å². The summed E-state index contributed by atoms with van der Waals surface area (Å²) >= 11 is 0. The van der Waals surface area contributed by atoms with Gasteiger partial charge in [0.25, 0.3) is 0 Å². The Labute approximate surface area is 166 Å². The predicted molar refractivity (Wildman–Crippen MR) is 110 cm³/mol. The van der Waals surface area contributed by atoms with E-state index in [4.69, 9.17) is 5.73 Å². The van der Waals surface area contributed by atoms with Gasteiger partial charge in [0.1, 0.15) is 0 Å². The number of carbonyl (C=O) groups excluding carboxylic acids is 2. The lowest BCUT2D eigenvalue weighted by atomic mass is 9.80. The Morgan fingerprint density at radius 2 is 1.67 bits per heavy atom. The summed E-state index contributed by atoms with van der Waals surface area (Å²) in [7, 11) is 0. The largest absolute Gasteiger partial charge is 0.369 e. The van der Waals surface area contributed by atoms with E-state index >= 15 is 0 Å². The lowest BCUT2D eigenvalue weighted by molar-refractivity contribution is -0.145. The molecule has 2 aliphatic heterocycles. The van der Waals surface area contributed by atoms with Crippen LogP contribution in [-0.4, -0.2) is 53.8 Å². The minimum atomic E-state index is -0.331. The first-order valence-electron chi connectivity index (χ1n) is 11.3. The van der Waals surface area contributed by atoms with Crippen molar-refractivity contribution in [3.63, 3.8) is 0 Å². The molecule has 2 rings (SSSR count). The molecule has 156 valence electrons. The van der Waals surface area contributed by atoms with E-state index in [0.717, 1.165) is 51.9 Å². The average Bonchev–Trinajstić information content (AvgIpc) is 2.65. The number of primary amides is 1. The van der Waals surface area contributed by atoms with Crippen molar-refractivity contribution in [1.82, 2.24) is 9.80 Å². The summed E-state index contributed by atoms with van der Waals surface area (Å²) in [5.41, 5.74) is 5.73. The lowest BCUT2D eigenvalue weighted by Gasteiger charge is -2.42. The molecule has 0 aromatic carbocycles. The number of piperidine rings is 2. The van der Waals surface area contributed by atoms with Gasteiger partial charge in [-0.15, -0.1) is 0 Å². The number of hydrogen-bond donors (Lipinski definition) is 1. The molecule has 2 heterocycles. The maximum absolute atomic E-state index is 13.6. The molecule has 0 bridgehead atoms. The Bertz CT molecular complexity index is 474. The van der Waals surface area contributed by atoms with Crippen molar-refractivity contribution < 1.29 is 9.59 Å². The third-order valence-electron chi connectivity index (χ3n) is 6.32. The quantitative estimate of drug-likeness (QED) is 0.667. The van der Waals surface area contributed by atoms with Gasteiger partial charge in [0.05, 0.1) is 0 Å². The van der Waals surface area contributed by atoms with Gasteiger partial charge in [-0.2, -0.15) is 0 Å². The lowest BCUT2D eigenvalue weighted by Crippen LogP contribution is -2.53. The van der Waals surface area contributed by atoms with Gasteiger partial charge < -0.3 is 15.5 Å². The fourth-order valence-corrected chi connectivity index (χ4v) is 4.93. The molecule has 2 aliphatic rings. The number of amides is 2. The molecule has 27 heavy (non-hydrogen) atoms. The van der Waals surface area contributed by atoms with E-state index in [-0.39, 0.29) is 23.7 Å². The smallest absolute Gasteiger partial charge is 0.226 e. The maximum atomic E-state index is 13.6. The fourth-order valence-electron chi connectivity index (χ4n) is 4.93. The van der Waals surface area contributed by atoms with Crippen LogP contribution >= 0.6 is 0 Å². The SMILES string of the molecule is CCC[C@H](C(N)=O)[C@@H](CC(C)C)C(=O)N1CCCCC1CN1CCCCC1. The van der Waals surface area contributed by atoms with Gasteiger partial charge in [0, 0.05) is 31.0 Å². The van der Waals surface area contributed by atoms with Gasteiger partial charge in [-0.25, -0.2) is 0 Å². The molecular formula is C22H41N3O2. The Morgan fingerprint density at radius 1 is 1.00 bits per heavy atom. The summed E-state index contributed by atoms with van der Waals surface area (Å²) in [6.07, 6.45) is 9.59. The summed E-state index contributed by atoms with van der Waals surface area (Å²) in [6, 6.07) is 0.300. The Morgan fingerprint density at radius 3 is 2.26 bits per heavy atom. The zero-order valence-electron chi connectivity index (χ0n) is 17.8. The van der Waals surface area contributed by atoms with Crippen molar-refractivity contribution in [2.45, 2.75) is 84.6 Å². The molecule has 0 saturated carbocycles. The highest BCUT2D eigenvalue weighted by molar-refractivity contribution is 5.87. The van der Waals surface area contributed by atoms with E-state index in [1.54, 1.807) is 0 Å². The molecule has 1 unspecified atom stereocenters.